The highest BCUT2D eigenvalue weighted by atomic mass is 16.2. The van der Waals surface area contributed by atoms with Gasteiger partial charge in [0.25, 0.3) is 0 Å². The molecule has 1 unspecified atom stereocenters. The number of aryl methyl sites for hydroxylation is 1. The first-order valence-electron chi connectivity index (χ1n) is 10.1. The molecule has 1 atom stereocenters. The zero-order valence-corrected chi connectivity index (χ0v) is 16.8. The van der Waals surface area contributed by atoms with E-state index in [2.05, 4.69) is 32.8 Å². The Kier molecular flexibility index (Phi) is 3.67. The van der Waals surface area contributed by atoms with E-state index in [1.807, 2.05) is 45.2 Å². The summed E-state index contributed by atoms with van der Waals surface area (Å²) in [5, 5.41) is 6.01. The Balaban J connectivity index is 1.47. The van der Waals surface area contributed by atoms with Crippen LogP contribution in [0.4, 0.5) is 0 Å². The fourth-order valence-electron chi connectivity index (χ4n) is 4.75. The van der Waals surface area contributed by atoms with Crippen LogP contribution in [0.3, 0.4) is 0 Å². The van der Waals surface area contributed by atoms with Crippen LogP contribution in [0.15, 0.2) is 42.6 Å². The minimum Gasteiger partial charge on any atom is -0.341 e. The predicted octanol–water partition coefficient (Wildman–Crippen LogP) is 4.02. The van der Waals surface area contributed by atoms with E-state index in [0.717, 1.165) is 54.6 Å². The van der Waals surface area contributed by atoms with Crippen LogP contribution >= 0.6 is 0 Å². The van der Waals surface area contributed by atoms with Crippen LogP contribution in [-0.4, -0.2) is 38.7 Å². The summed E-state index contributed by atoms with van der Waals surface area (Å²) in [5.74, 6) is 0.251. The van der Waals surface area contributed by atoms with Crippen LogP contribution in [0.2, 0.25) is 0 Å². The monoisotopic (exact) mass is 374 g/mol. The molecular weight excluding hydrogens is 348 g/mol. The van der Waals surface area contributed by atoms with Crippen molar-refractivity contribution < 1.29 is 4.79 Å². The van der Waals surface area contributed by atoms with Gasteiger partial charge in [-0.2, -0.15) is 5.10 Å². The number of hydrogen-bond donors (Lipinski definition) is 0. The number of likely N-dealkylation sites (tertiary alicyclic amines) is 1. The first-order chi connectivity index (χ1) is 13.4. The molecule has 28 heavy (non-hydrogen) atoms. The van der Waals surface area contributed by atoms with Crippen LogP contribution in [0.1, 0.15) is 39.3 Å². The van der Waals surface area contributed by atoms with Crippen molar-refractivity contribution in [2.75, 3.05) is 13.1 Å². The summed E-state index contributed by atoms with van der Waals surface area (Å²) in [6.07, 6.45) is 4.01. The van der Waals surface area contributed by atoms with Gasteiger partial charge in [0, 0.05) is 53.3 Å². The summed E-state index contributed by atoms with van der Waals surface area (Å²) in [5.41, 5.74) is 4.04. The number of carbonyl (C=O) groups excluding carboxylic acids is 1. The van der Waals surface area contributed by atoms with Crippen molar-refractivity contribution in [1.82, 2.24) is 19.7 Å². The Hall–Kier alpha value is -2.69. The first-order valence-corrected chi connectivity index (χ1v) is 10.1. The zero-order chi connectivity index (χ0) is 19.5. The molecule has 1 saturated heterocycles. The van der Waals surface area contributed by atoms with Crippen LogP contribution in [-0.2, 0) is 16.8 Å². The number of hydrogen-bond acceptors (Lipinski definition) is 3. The second kappa shape index (κ2) is 5.90. The van der Waals surface area contributed by atoms with Gasteiger partial charge in [-0.1, -0.05) is 39.0 Å². The van der Waals surface area contributed by atoms with E-state index in [0.29, 0.717) is 0 Å². The van der Waals surface area contributed by atoms with Gasteiger partial charge in [-0.15, -0.1) is 0 Å². The largest absolute Gasteiger partial charge is 0.341 e. The van der Waals surface area contributed by atoms with Crippen molar-refractivity contribution in [3.05, 3.63) is 48.3 Å². The van der Waals surface area contributed by atoms with E-state index in [4.69, 9.17) is 5.10 Å². The number of fused-ring (bicyclic) bond motifs is 3. The molecule has 0 bridgehead atoms. The van der Waals surface area contributed by atoms with Gasteiger partial charge in [-0.25, -0.2) is 0 Å². The molecule has 2 aromatic heterocycles. The lowest BCUT2D eigenvalue weighted by Gasteiger charge is -2.28. The molecule has 3 aromatic rings. The molecule has 1 aromatic carbocycles. The smallest absolute Gasteiger partial charge is 0.227 e. The molecule has 2 aliphatic heterocycles. The molecule has 1 spiro atoms. The molecule has 1 fully saturated rings. The fourth-order valence-corrected chi connectivity index (χ4v) is 4.75. The minimum absolute atomic E-state index is 0.0520. The van der Waals surface area contributed by atoms with E-state index >= 15 is 0 Å². The van der Waals surface area contributed by atoms with Crippen LogP contribution in [0, 0.1) is 5.41 Å². The van der Waals surface area contributed by atoms with Gasteiger partial charge in [0.2, 0.25) is 5.91 Å². The quantitative estimate of drug-likeness (QED) is 0.646. The summed E-state index contributed by atoms with van der Waals surface area (Å²) in [7, 11) is 0. The number of amides is 1. The molecule has 0 saturated carbocycles. The Morgan fingerprint density at radius 3 is 2.71 bits per heavy atom. The summed E-state index contributed by atoms with van der Waals surface area (Å²) < 4.78 is 2.15. The number of carbonyl (C=O) groups is 1. The number of rotatable bonds is 1. The standard InChI is InChI=1S/C23H26N4O/c1-22(2,3)21(28)26-10-8-23(15-26)9-11-27-20(23)13-19(25-27)17-12-16-6-4-5-7-18(16)24-14-17/h4-7,12-14H,8-11,15H2,1-3H3. The minimum atomic E-state index is -0.327. The number of nitrogens with zero attached hydrogens (tertiary/aromatic N) is 4. The molecule has 5 rings (SSSR count). The van der Waals surface area contributed by atoms with Gasteiger partial charge in [0.1, 0.15) is 0 Å². The Morgan fingerprint density at radius 1 is 1.11 bits per heavy atom. The lowest BCUT2D eigenvalue weighted by Crippen LogP contribution is -2.40. The Morgan fingerprint density at radius 2 is 1.89 bits per heavy atom. The third-order valence-corrected chi connectivity index (χ3v) is 6.29. The van der Waals surface area contributed by atoms with Gasteiger partial charge in [-0.3, -0.25) is 14.5 Å². The molecule has 1 amide bonds. The number of pyridine rings is 1. The average molecular weight is 374 g/mol. The van der Waals surface area contributed by atoms with Crippen molar-refractivity contribution in [2.24, 2.45) is 5.41 Å². The van der Waals surface area contributed by atoms with Crippen molar-refractivity contribution in [3.8, 4) is 11.3 Å². The molecule has 0 N–H and O–H groups in total. The van der Waals surface area contributed by atoms with Crippen LogP contribution in [0.5, 0.6) is 0 Å². The molecule has 4 heterocycles. The van der Waals surface area contributed by atoms with E-state index < -0.39 is 0 Å². The van der Waals surface area contributed by atoms with Crippen molar-refractivity contribution in [1.29, 1.82) is 0 Å². The second-order valence-electron chi connectivity index (χ2n) is 9.31. The second-order valence-corrected chi connectivity index (χ2v) is 9.31. The predicted molar refractivity (Wildman–Crippen MR) is 110 cm³/mol. The highest BCUT2D eigenvalue weighted by molar-refractivity contribution is 5.83. The van der Waals surface area contributed by atoms with E-state index in [9.17, 15) is 4.79 Å². The topological polar surface area (TPSA) is 51.0 Å². The van der Waals surface area contributed by atoms with Crippen molar-refractivity contribution in [3.63, 3.8) is 0 Å². The molecule has 2 aliphatic rings. The Bertz CT molecular complexity index is 1080. The maximum absolute atomic E-state index is 12.8. The Labute approximate surface area is 165 Å². The average Bonchev–Trinajstić information content (AvgIpc) is 3.37. The summed E-state index contributed by atoms with van der Waals surface area (Å²) in [6.45, 7) is 8.59. The molecular formula is C23H26N4O. The van der Waals surface area contributed by atoms with Crippen molar-refractivity contribution >= 4 is 16.8 Å². The third kappa shape index (κ3) is 2.64. The highest BCUT2D eigenvalue weighted by Gasteiger charge is 2.48. The maximum atomic E-state index is 12.8. The van der Waals surface area contributed by atoms with Crippen LogP contribution < -0.4 is 0 Å². The summed E-state index contributed by atoms with van der Waals surface area (Å²) in [6, 6.07) is 12.6. The molecule has 5 nitrogen and oxygen atoms in total. The number of aromatic nitrogens is 3. The summed E-state index contributed by atoms with van der Waals surface area (Å²) in [4.78, 5) is 19.4. The van der Waals surface area contributed by atoms with Gasteiger partial charge in [0.15, 0.2) is 0 Å². The normalized spacial score (nSPS) is 21.6. The molecule has 0 aliphatic carbocycles. The molecule has 0 radical (unpaired) electrons. The molecule has 5 heteroatoms. The zero-order valence-electron chi connectivity index (χ0n) is 16.8. The maximum Gasteiger partial charge on any atom is 0.227 e. The number of benzene rings is 1. The fraction of sp³-hybridized carbons (Fsp3) is 0.435. The van der Waals surface area contributed by atoms with Gasteiger partial charge in [0.05, 0.1) is 11.2 Å². The van der Waals surface area contributed by atoms with Gasteiger partial charge < -0.3 is 4.90 Å². The molecule has 144 valence electrons. The van der Waals surface area contributed by atoms with E-state index in [-0.39, 0.29) is 16.7 Å². The highest BCUT2D eigenvalue weighted by Crippen LogP contribution is 2.44. The third-order valence-electron chi connectivity index (χ3n) is 6.29. The lowest BCUT2D eigenvalue weighted by molar-refractivity contribution is -0.138. The lowest BCUT2D eigenvalue weighted by atomic mass is 9.82. The van der Waals surface area contributed by atoms with E-state index in [1.54, 1.807) is 0 Å². The van der Waals surface area contributed by atoms with E-state index in [1.165, 1.54) is 5.69 Å². The first kappa shape index (κ1) is 17.4. The van der Waals surface area contributed by atoms with Crippen LogP contribution in [0.25, 0.3) is 22.2 Å². The van der Waals surface area contributed by atoms with Gasteiger partial charge >= 0.3 is 0 Å². The van der Waals surface area contributed by atoms with Gasteiger partial charge in [-0.05, 0) is 31.0 Å². The van der Waals surface area contributed by atoms with Crippen molar-refractivity contribution in [2.45, 2.75) is 45.6 Å². The number of para-hydroxylation sites is 1. The summed E-state index contributed by atoms with van der Waals surface area (Å²) >= 11 is 0. The SMILES string of the molecule is CC(C)(C)C(=O)N1CCC2(CCn3nc(-c4cnc5ccccc5c4)cc32)C1.